The van der Waals surface area contributed by atoms with Gasteiger partial charge in [-0.2, -0.15) is 0 Å². The molecule has 9 heteroatoms. The fourth-order valence-corrected chi connectivity index (χ4v) is 7.60. The van der Waals surface area contributed by atoms with Crippen molar-refractivity contribution in [3.05, 3.63) is 54.4 Å². The van der Waals surface area contributed by atoms with Crippen LogP contribution in [0.5, 0.6) is 0 Å². The van der Waals surface area contributed by atoms with Crippen molar-refractivity contribution < 1.29 is 18.8 Å². The molecule has 6 rings (SSSR count). The van der Waals surface area contributed by atoms with Gasteiger partial charge in [0.15, 0.2) is 17.2 Å². The van der Waals surface area contributed by atoms with Gasteiger partial charge in [-0.15, -0.1) is 11.3 Å². The molecule has 0 radical (unpaired) electrons. The Balaban J connectivity index is 1.25. The summed E-state index contributed by atoms with van der Waals surface area (Å²) < 4.78 is 14.0. The van der Waals surface area contributed by atoms with Gasteiger partial charge in [-0.05, 0) is 75.1 Å². The number of likely N-dealkylation sites (tertiary alicyclic amines) is 1. The van der Waals surface area contributed by atoms with E-state index in [4.69, 9.17) is 28.0 Å². The summed E-state index contributed by atoms with van der Waals surface area (Å²) in [5.41, 5.74) is 2.91. The molecule has 0 bridgehead atoms. The maximum Gasteiger partial charge on any atom is 0.226 e. The molecule has 5 nitrogen and oxygen atoms in total. The zero-order valence-corrected chi connectivity index (χ0v) is 22.4. The predicted molar refractivity (Wildman–Crippen MR) is 139 cm³/mol. The Hall–Kier alpha value is -1.96. The number of carbonyl (C=O) groups excluding carboxylic acids is 2. The molecule has 2 atom stereocenters. The maximum atomic E-state index is 14.0. The summed E-state index contributed by atoms with van der Waals surface area (Å²) in [6.07, 6.45) is 7.57. The minimum absolute atomic E-state index is 0.0566. The number of rotatable bonds is 6. The van der Waals surface area contributed by atoms with Gasteiger partial charge >= 0.3 is 0 Å². The third kappa shape index (κ3) is 4.17. The highest BCUT2D eigenvalue weighted by Gasteiger charge is 2.43. The van der Waals surface area contributed by atoms with Crippen LogP contribution in [0.3, 0.4) is 0 Å². The smallest absolute Gasteiger partial charge is 0.226 e. The van der Waals surface area contributed by atoms with E-state index in [2.05, 4.69) is 5.16 Å². The third-order valence-corrected chi connectivity index (χ3v) is 9.88. The molecular weight excluding hydrogens is 522 g/mol. The average molecular weight is 549 g/mol. The first-order valence-electron chi connectivity index (χ1n) is 12.6. The van der Waals surface area contributed by atoms with Crippen molar-refractivity contribution >= 4 is 51.9 Å². The number of halogens is 3. The van der Waals surface area contributed by atoms with Gasteiger partial charge in [-0.3, -0.25) is 9.59 Å². The lowest BCUT2D eigenvalue weighted by Crippen LogP contribution is -2.30. The number of fused-ring (bicyclic) bond motifs is 1. The molecule has 0 spiro atoms. The van der Waals surface area contributed by atoms with Crippen LogP contribution in [0.2, 0.25) is 10.0 Å². The Bertz CT molecular complexity index is 1280. The normalized spacial score (nSPS) is 25.7. The van der Waals surface area contributed by atoms with Crippen molar-refractivity contribution in [3.63, 3.8) is 0 Å². The number of amides is 1. The van der Waals surface area contributed by atoms with Crippen LogP contribution in [-0.4, -0.2) is 34.9 Å². The van der Waals surface area contributed by atoms with Crippen LogP contribution < -0.4 is 0 Å². The van der Waals surface area contributed by atoms with Crippen LogP contribution >= 0.6 is 34.5 Å². The lowest BCUT2D eigenvalue weighted by molar-refractivity contribution is -0.131. The molecule has 190 valence electrons. The van der Waals surface area contributed by atoms with Gasteiger partial charge in [-0.25, -0.2) is 4.39 Å². The van der Waals surface area contributed by atoms with Crippen LogP contribution in [0, 0.1) is 11.7 Å². The molecule has 4 aliphatic rings. The van der Waals surface area contributed by atoms with Crippen LogP contribution in [0.25, 0.3) is 0 Å². The highest BCUT2D eigenvalue weighted by Crippen LogP contribution is 2.44. The van der Waals surface area contributed by atoms with E-state index in [0.29, 0.717) is 18.0 Å². The minimum Gasteiger partial charge on any atom is -0.384 e. The molecule has 1 amide bonds. The van der Waals surface area contributed by atoms with Crippen molar-refractivity contribution in [2.24, 2.45) is 11.1 Å². The van der Waals surface area contributed by atoms with E-state index < -0.39 is 11.4 Å². The molecular formula is C27H27Cl2FN2O3S. The highest BCUT2D eigenvalue weighted by molar-refractivity contribution is 7.16. The molecule has 2 fully saturated rings. The van der Waals surface area contributed by atoms with E-state index in [1.807, 2.05) is 11.8 Å². The first-order valence-corrected chi connectivity index (χ1v) is 14.2. The SMILES string of the molecule is CC1(c2cc(Cl)c(F)c(Cl)c2)CC(c2sc(C(=O)CC3CCN(C4CC4)C3=O)c3c2CCCC3)=NO1. The molecule has 36 heavy (non-hydrogen) atoms. The number of carbonyl (C=O) groups is 2. The van der Waals surface area contributed by atoms with Gasteiger partial charge in [0.05, 0.1) is 19.8 Å². The summed E-state index contributed by atoms with van der Waals surface area (Å²) in [5, 5.41) is 4.31. The molecule has 2 aliphatic heterocycles. The van der Waals surface area contributed by atoms with Crippen LogP contribution in [-0.2, 0) is 28.1 Å². The van der Waals surface area contributed by atoms with Crippen LogP contribution in [0.15, 0.2) is 17.3 Å². The Morgan fingerprint density at radius 2 is 1.89 bits per heavy atom. The van der Waals surface area contributed by atoms with Gasteiger partial charge in [0.1, 0.15) is 5.71 Å². The van der Waals surface area contributed by atoms with Crippen molar-refractivity contribution in [2.45, 2.75) is 76.4 Å². The van der Waals surface area contributed by atoms with Gasteiger partial charge in [0.25, 0.3) is 0 Å². The first kappa shape index (κ1) is 24.4. The molecule has 2 aliphatic carbocycles. The molecule has 3 heterocycles. The number of Topliss-reactive ketones (excluding diaryl/α,β-unsaturated/α-hetero) is 1. The monoisotopic (exact) mass is 548 g/mol. The summed E-state index contributed by atoms with van der Waals surface area (Å²) in [7, 11) is 0. The fourth-order valence-electron chi connectivity index (χ4n) is 5.78. The molecule has 1 saturated heterocycles. The van der Waals surface area contributed by atoms with Crippen LogP contribution in [0.1, 0.15) is 83.1 Å². The molecule has 0 N–H and O–H groups in total. The van der Waals surface area contributed by atoms with E-state index in [0.717, 1.165) is 72.5 Å². The number of benzene rings is 1. The average Bonchev–Trinajstić information content (AvgIpc) is 3.36. The first-order chi connectivity index (χ1) is 17.2. The minimum atomic E-state index is -0.839. The predicted octanol–water partition coefficient (Wildman–Crippen LogP) is 6.70. The number of hydrogen-bond acceptors (Lipinski definition) is 5. The van der Waals surface area contributed by atoms with Gasteiger partial charge in [0.2, 0.25) is 5.91 Å². The summed E-state index contributed by atoms with van der Waals surface area (Å²) in [6.45, 7) is 2.66. The Labute approximate surface area is 223 Å². The van der Waals surface area contributed by atoms with Gasteiger partial charge in [0, 0.05) is 36.9 Å². The summed E-state index contributed by atoms with van der Waals surface area (Å²) >= 11 is 13.6. The highest BCUT2D eigenvalue weighted by atomic mass is 35.5. The number of ketones is 1. The second-order valence-electron chi connectivity index (χ2n) is 10.6. The molecule has 1 saturated carbocycles. The number of oxime groups is 1. The van der Waals surface area contributed by atoms with E-state index in [-0.39, 0.29) is 34.1 Å². The number of nitrogens with zero attached hydrogens (tertiary/aromatic N) is 2. The largest absolute Gasteiger partial charge is 0.384 e. The van der Waals surface area contributed by atoms with Crippen molar-refractivity contribution in [3.8, 4) is 0 Å². The summed E-state index contributed by atoms with van der Waals surface area (Å²) in [5.74, 6) is -0.634. The quantitative estimate of drug-likeness (QED) is 0.298. The Morgan fingerprint density at radius 1 is 1.19 bits per heavy atom. The second kappa shape index (κ2) is 9.10. The molecule has 1 aromatic heterocycles. The Morgan fingerprint density at radius 3 is 2.58 bits per heavy atom. The fraction of sp³-hybridized carbons (Fsp3) is 0.519. The number of thiophene rings is 1. The zero-order valence-electron chi connectivity index (χ0n) is 20.0. The third-order valence-electron chi connectivity index (χ3n) is 7.96. The van der Waals surface area contributed by atoms with Gasteiger partial charge < -0.3 is 9.74 Å². The van der Waals surface area contributed by atoms with Crippen molar-refractivity contribution in [2.75, 3.05) is 6.54 Å². The topological polar surface area (TPSA) is 59.0 Å². The van der Waals surface area contributed by atoms with Crippen LogP contribution in [0.4, 0.5) is 4.39 Å². The number of hydrogen-bond donors (Lipinski definition) is 0. The molecule has 1 aromatic carbocycles. The maximum absolute atomic E-state index is 14.0. The zero-order chi connectivity index (χ0) is 25.2. The van der Waals surface area contributed by atoms with E-state index in [1.165, 1.54) is 29.0 Å². The standard InChI is InChI=1S/C27H27Cl2FN2O3S/c1-27(15-11-19(28)23(30)20(29)12-15)13-21(31-35-27)24-17-4-2-3-5-18(17)25(36-24)22(33)10-14-8-9-32(26(14)34)16-6-7-16/h11-12,14,16H,2-10,13H2,1H3. The summed E-state index contributed by atoms with van der Waals surface area (Å²) in [6, 6.07) is 3.46. The Kier molecular flexibility index (Phi) is 6.17. The lowest BCUT2D eigenvalue weighted by atomic mass is 9.86. The molecule has 2 unspecified atom stereocenters. The lowest BCUT2D eigenvalue weighted by Gasteiger charge is -2.22. The van der Waals surface area contributed by atoms with Crippen molar-refractivity contribution in [1.29, 1.82) is 0 Å². The summed E-state index contributed by atoms with van der Waals surface area (Å²) in [4.78, 5) is 36.0. The second-order valence-corrected chi connectivity index (χ2v) is 12.4. The van der Waals surface area contributed by atoms with Crippen molar-refractivity contribution in [1.82, 2.24) is 4.90 Å². The van der Waals surface area contributed by atoms with E-state index in [9.17, 15) is 14.0 Å². The molecule has 2 aromatic rings. The van der Waals surface area contributed by atoms with E-state index in [1.54, 1.807) is 0 Å². The van der Waals surface area contributed by atoms with Gasteiger partial charge in [-0.1, -0.05) is 28.4 Å². The van der Waals surface area contributed by atoms with E-state index >= 15 is 0 Å².